The lowest BCUT2D eigenvalue weighted by Crippen LogP contribution is -2.07. The van der Waals surface area contributed by atoms with Crippen LogP contribution in [0, 0.1) is 0 Å². The van der Waals surface area contributed by atoms with Crippen LogP contribution in [0.1, 0.15) is 22.1 Å². The molecule has 0 aliphatic carbocycles. The van der Waals surface area contributed by atoms with E-state index in [0.29, 0.717) is 0 Å². The summed E-state index contributed by atoms with van der Waals surface area (Å²) in [7, 11) is 1.98. The van der Waals surface area contributed by atoms with Crippen molar-refractivity contribution in [1.82, 2.24) is 10.3 Å². The van der Waals surface area contributed by atoms with Gasteiger partial charge in [-0.25, -0.2) is 4.98 Å². The van der Waals surface area contributed by atoms with Gasteiger partial charge in [0.05, 0.1) is 12.7 Å². The third-order valence-corrected chi connectivity index (χ3v) is 3.41. The monoisotopic (exact) mass is 236 g/mol. The molecule has 0 unspecified atom stereocenters. The minimum Gasteiger partial charge on any atom is -0.469 e. The predicted molar refractivity (Wildman–Crippen MR) is 65.9 cm³/mol. The summed E-state index contributed by atoms with van der Waals surface area (Å²) < 4.78 is 5.30. The van der Waals surface area contributed by atoms with E-state index >= 15 is 0 Å². The van der Waals surface area contributed by atoms with Crippen LogP contribution in [0.3, 0.4) is 0 Å². The van der Waals surface area contributed by atoms with Crippen molar-refractivity contribution in [3.05, 3.63) is 40.2 Å². The van der Waals surface area contributed by atoms with E-state index in [1.165, 1.54) is 11.3 Å². The van der Waals surface area contributed by atoms with E-state index in [-0.39, 0.29) is 0 Å². The number of aromatic nitrogens is 1. The Morgan fingerprint density at radius 3 is 3.19 bits per heavy atom. The SMILES string of the molecule is CNCCCc1cnc(Cc2ccco2)s1. The molecule has 2 heterocycles. The molecule has 0 radical (unpaired) electrons. The Balaban J connectivity index is 1.87. The van der Waals surface area contributed by atoms with Gasteiger partial charge >= 0.3 is 0 Å². The van der Waals surface area contributed by atoms with E-state index in [1.54, 1.807) is 17.6 Å². The molecule has 2 rings (SSSR count). The van der Waals surface area contributed by atoms with Gasteiger partial charge in [-0.1, -0.05) is 0 Å². The summed E-state index contributed by atoms with van der Waals surface area (Å²) in [5, 5.41) is 4.28. The smallest absolute Gasteiger partial charge is 0.110 e. The Morgan fingerprint density at radius 1 is 1.50 bits per heavy atom. The standard InChI is InChI=1S/C12H16N2OS/c1-13-6-2-5-11-9-14-12(16-11)8-10-4-3-7-15-10/h3-4,7,9,13H,2,5-6,8H2,1H3. The Kier molecular flexibility index (Phi) is 4.13. The third-order valence-electron chi connectivity index (χ3n) is 2.36. The number of thiazole rings is 1. The molecule has 0 saturated carbocycles. The summed E-state index contributed by atoms with van der Waals surface area (Å²) in [5.41, 5.74) is 0. The molecule has 86 valence electrons. The zero-order chi connectivity index (χ0) is 11.2. The zero-order valence-electron chi connectivity index (χ0n) is 9.40. The lowest BCUT2D eigenvalue weighted by Gasteiger charge is -1.95. The van der Waals surface area contributed by atoms with E-state index < -0.39 is 0 Å². The molecule has 0 fully saturated rings. The molecule has 0 aliphatic rings. The maximum Gasteiger partial charge on any atom is 0.110 e. The quantitative estimate of drug-likeness (QED) is 0.783. The van der Waals surface area contributed by atoms with Gasteiger partial charge in [-0.3, -0.25) is 0 Å². The van der Waals surface area contributed by atoms with E-state index in [9.17, 15) is 0 Å². The normalized spacial score (nSPS) is 10.8. The van der Waals surface area contributed by atoms with E-state index in [2.05, 4.69) is 10.3 Å². The third kappa shape index (κ3) is 3.18. The second-order valence-electron chi connectivity index (χ2n) is 3.68. The summed E-state index contributed by atoms with van der Waals surface area (Å²) in [5.74, 6) is 0.983. The number of aryl methyl sites for hydroxylation is 1. The first-order chi connectivity index (χ1) is 7.88. The van der Waals surface area contributed by atoms with E-state index in [1.807, 2.05) is 25.4 Å². The molecule has 2 aromatic rings. The largest absolute Gasteiger partial charge is 0.469 e. The topological polar surface area (TPSA) is 38.1 Å². The van der Waals surface area contributed by atoms with Crippen LogP contribution >= 0.6 is 11.3 Å². The molecule has 16 heavy (non-hydrogen) atoms. The second kappa shape index (κ2) is 5.82. The van der Waals surface area contributed by atoms with E-state index in [4.69, 9.17) is 4.42 Å². The van der Waals surface area contributed by atoms with Gasteiger partial charge < -0.3 is 9.73 Å². The number of furan rings is 1. The Labute approximate surface area is 99.5 Å². The summed E-state index contributed by atoms with van der Waals surface area (Å²) in [6.45, 7) is 1.06. The lowest BCUT2D eigenvalue weighted by molar-refractivity contribution is 0.520. The van der Waals surface area contributed by atoms with Crippen LogP contribution in [-0.2, 0) is 12.8 Å². The number of hydrogen-bond acceptors (Lipinski definition) is 4. The van der Waals surface area contributed by atoms with Crippen LogP contribution in [-0.4, -0.2) is 18.6 Å². The number of rotatable bonds is 6. The van der Waals surface area contributed by atoms with Crippen LogP contribution < -0.4 is 5.32 Å². The van der Waals surface area contributed by atoms with Crippen molar-refractivity contribution in [2.45, 2.75) is 19.3 Å². The number of hydrogen-bond donors (Lipinski definition) is 1. The van der Waals surface area contributed by atoms with Crippen molar-refractivity contribution >= 4 is 11.3 Å². The van der Waals surface area contributed by atoms with Gasteiger partial charge in [0.1, 0.15) is 10.8 Å². The van der Waals surface area contributed by atoms with Crippen LogP contribution in [0.5, 0.6) is 0 Å². The summed E-state index contributed by atoms with van der Waals surface area (Å²) in [6, 6.07) is 3.90. The van der Waals surface area contributed by atoms with Gasteiger partial charge in [-0.05, 0) is 38.6 Å². The lowest BCUT2D eigenvalue weighted by atomic mass is 10.3. The maximum absolute atomic E-state index is 5.30. The molecule has 1 N–H and O–H groups in total. The maximum atomic E-state index is 5.30. The van der Waals surface area contributed by atoms with Crippen molar-refractivity contribution in [2.24, 2.45) is 0 Å². The first kappa shape index (κ1) is 11.4. The molecule has 2 aromatic heterocycles. The van der Waals surface area contributed by atoms with Crippen molar-refractivity contribution in [3.8, 4) is 0 Å². The van der Waals surface area contributed by atoms with Gasteiger partial charge in [-0.15, -0.1) is 11.3 Å². The average molecular weight is 236 g/mol. The minimum absolute atomic E-state index is 0.809. The number of nitrogens with zero attached hydrogens (tertiary/aromatic N) is 1. The van der Waals surface area contributed by atoms with Crippen molar-refractivity contribution < 1.29 is 4.42 Å². The molecule has 3 nitrogen and oxygen atoms in total. The minimum atomic E-state index is 0.809. The molecule has 0 aliphatic heterocycles. The highest BCUT2D eigenvalue weighted by atomic mass is 32.1. The van der Waals surface area contributed by atoms with Crippen molar-refractivity contribution in [1.29, 1.82) is 0 Å². The molecule has 0 amide bonds. The molecular formula is C12H16N2OS. The Bertz CT molecular complexity index is 408. The average Bonchev–Trinajstić information content (AvgIpc) is 2.91. The van der Waals surface area contributed by atoms with Gasteiger partial charge in [-0.2, -0.15) is 0 Å². The first-order valence-electron chi connectivity index (χ1n) is 5.49. The zero-order valence-corrected chi connectivity index (χ0v) is 10.2. The van der Waals surface area contributed by atoms with Gasteiger partial charge in [0.2, 0.25) is 0 Å². The first-order valence-corrected chi connectivity index (χ1v) is 6.30. The fourth-order valence-corrected chi connectivity index (χ4v) is 2.52. The fraction of sp³-hybridized carbons (Fsp3) is 0.417. The second-order valence-corrected chi connectivity index (χ2v) is 4.88. The van der Waals surface area contributed by atoms with Crippen LogP contribution in [0.25, 0.3) is 0 Å². The Morgan fingerprint density at radius 2 is 2.44 bits per heavy atom. The highest BCUT2D eigenvalue weighted by Crippen LogP contribution is 2.18. The summed E-state index contributed by atoms with van der Waals surface area (Å²) >= 11 is 1.78. The summed E-state index contributed by atoms with van der Waals surface area (Å²) in [4.78, 5) is 5.77. The van der Waals surface area contributed by atoms with E-state index in [0.717, 1.165) is 30.2 Å². The van der Waals surface area contributed by atoms with Gasteiger partial charge in [0, 0.05) is 11.1 Å². The molecular weight excluding hydrogens is 220 g/mol. The Hall–Kier alpha value is -1.13. The highest BCUT2D eigenvalue weighted by molar-refractivity contribution is 7.11. The highest BCUT2D eigenvalue weighted by Gasteiger charge is 2.04. The molecule has 0 spiro atoms. The number of nitrogens with one attached hydrogen (secondary N) is 1. The molecule has 4 heteroatoms. The van der Waals surface area contributed by atoms with Crippen LogP contribution in [0.2, 0.25) is 0 Å². The molecule has 0 saturated heterocycles. The molecule has 0 aromatic carbocycles. The predicted octanol–water partition coefficient (Wildman–Crippen LogP) is 2.48. The van der Waals surface area contributed by atoms with Crippen LogP contribution in [0.4, 0.5) is 0 Å². The van der Waals surface area contributed by atoms with Crippen molar-refractivity contribution in [3.63, 3.8) is 0 Å². The van der Waals surface area contributed by atoms with Gasteiger partial charge in [0.25, 0.3) is 0 Å². The van der Waals surface area contributed by atoms with Crippen LogP contribution in [0.15, 0.2) is 29.0 Å². The molecule has 0 atom stereocenters. The molecule has 0 bridgehead atoms. The van der Waals surface area contributed by atoms with Gasteiger partial charge in [0.15, 0.2) is 0 Å². The fourth-order valence-electron chi connectivity index (χ4n) is 1.55. The van der Waals surface area contributed by atoms with Crippen molar-refractivity contribution in [2.75, 3.05) is 13.6 Å². The summed E-state index contributed by atoms with van der Waals surface area (Å²) in [6.07, 6.45) is 6.77.